The largest absolute Gasteiger partial charge is 0.399 e. The molecule has 0 atom stereocenters. The van der Waals surface area contributed by atoms with Gasteiger partial charge in [0.1, 0.15) is 0 Å². The van der Waals surface area contributed by atoms with E-state index in [1.165, 1.54) is 24.1 Å². The van der Waals surface area contributed by atoms with E-state index in [-0.39, 0.29) is 17.3 Å². The van der Waals surface area contributed by atoms with Crippen LogP contribution in [0.5, 0.6) is 0 Å². The van der Waals surface area contributed by atoms with Crippen molar-refractivity contribution in [3.63, 3.8) is 0 Å². The van der Waals surface area contributed by atoms with E-state index in [0.717, 1.165) is 4.31 Å². The van der Waals surface area contributed by atoms with E-state index in [4.69, 9.17) is 5.73 Å². The fourth-order valence-electron chi connectivity index (χ4n) is 1.27. The fraction of sp³-hybridized carbons (Fsp3) is 0.364. The van der Waals surface area contributed by atoms with Crippen molar-refractivity contribution in [2.45, 2.75) is 4.90 Å². The van der Waals surface area contributed by atoms with Crippen LogP contribution in [0, 0.1) is 0 Å². The molecule has 0 aliphatic heterocycles. The Morgan fingerprint density at radius 1 is 1.28 bits per heavy atom. The summed E-state index contributed by atoms with van der Waals surface area (Å²) in [4.78, 5) is 12.9. The number of sulfonamides is 1. The molecular weight excluding hydrogens is 254 g/mol. The van der Waals surface area contributed by atoms with Crippen LogP contribution in [0.1, 0.15) is 0 Å². The van der Waals surface area contributed by atoms with Gasteiger partial charge in [-0.3, -0.25) is 4.79 Å². The maximum Gasteiger partial charge on any atom is 0.243 e. The van der Waals surface area contributed by atoms with E-state index < -0.39 is 10.0 Å². The Morgan fingerprint density at radius 3 is 2.39 bits per heavy atom. The van der Waals surface area contributed by atoms with Gasteiger partial charge in [0.15, 0.2) is 0 Å². The molecule has 100 valence electrons. The van der Waals surface area contributed by atoms with Crippen molar-refractivity contribution in [2.24, 2.45) is 0 Å². The van der Waals surface area contributed by atoms with Crippen LogP contribution < -0.4 is 5.73 Å². The summed E-state index contributed by atoms with van der Waals surface area (Å²) in [6.07, 6.45) is 0. The summed E-state index contributed by atoms with van der Waals surface area (Å²) in [5, 5.41) is 0. The molecule has 1 aromatic rings. The van der Waals surface area contributed by atoms with E-state index in [9.17, 15) is 13.2 Å². The molecule has 0 saturated heterocycles. The summed E-state index contributed by atoms with van der Waals surface area (Å²) >= 11 is 0. The lowest BCUT2D eigenvalue weighted by atomic mass is 10.3. The lowest BCUT2D eigenvalue weighted by Gasteiger charge is -2.19. The van der Waals surface area contributed by atoms with Gasteiger partial charge >= 0.3 is 0 Å². The lowest BCUT2D eigenvalue weighted by molar-refractivity contribution is -0.128. The average molecular weight is 271 g/mol. The molecule has 0 radical (unpaired) electrons. The van der Waals surface area contributed by atoms with E-state index in [1.807, 2.05) is 0 Å². The number of nitrogens with two attached hydrogens (primary N) is 1. The first-order valence-electron chi connectivity index (χ1n) is 5.27. The Labute approximate surface area is 107 Å². The maximum atomic E-state index is 12.1. The van der Waals surface area contributed by atoms with Crippen LogP contribution in [0.2, 0.25) is 0 Å². The molecule has 0 unspecified atom stereocenters. The summed E-state index contributed by atoms with van der Waals surface area (Å²) in [6, 6.07) is 5.97. The van der Waals surface area contributed by atoms with Crippen molar-refractivity contribution in [3.05, 3.63) is 24.3 Å². The van der Waals surface area contributed by atoms with Crippen LogP contribution in [-0.4, -0.2) is 51.2 Å². The van der Waals surface area contributed by atoms with Crippen molar-refractivity contribution in [3.8, 4) is 0 Å². The van der Waals surface area contributed by atoms with Crippen molar-refractivity contribution < 1.29 is 13.2 Å². The Morgan fingerprint density at radius 2 is 1.89 bits per heavy atom. The van der Waals surface area contributed by atoms with Crippen LogP contribution in [-0.2, 0) is 14.8 Å². The molecule has 1 rings (SSSR count). The predicted molar refractivity (Wildman–Crippen MR) is 69.4 cm³/mol. The zero-order valence-electron chi connectivity index (χ0n) is 10.6. The van der Waals surface area contributed by atoms with E-state index >= 15 is 0 Å². The standard InChI is InChI=1S/C11H17N3O3S/c1-13(2)11(15)8-14(3)18(16,17)10-6-4-5-9(12)7-10/h4-7H,8,12H2,1-3H3. The molecule has 1 amide bonds. The minimum Gasteiger partial charge on any atom is -0.399 e. The van der Waals surface area contributed by atoms with E-state index in [1.54, 1.807) is 26.2 Å². The van der Waals surface area contributed by atoms with Crippen LogP contribution in [0.15, 0.2) is 29.2 Å². The van der Waals surface area contributed by atoms with E-state index in [2.05, 4.69) is 0 Å². The number of likely N-dealkylation sites (N-methyl/N-ethyl adjacent to an activating group) is 2. The molecule has 18 heavy (non-hydrogen) atoms. The minimum absolute atomic E-state index is 0.0801. The molecule has 0 saturated carbocycles. The molecule has 0 fully saturated rings. The zero-order valence-corrected chi connectivity index (χ0v) is 11.4. The number of nitrogens with zero attached hydrogens (tertiary/aromatic N) is 2. The number of hydrogen-bond donors (Lipinski definition) is 1. The molecule has 6 nitrogen and oxygen atoms in total. The third-order valence-corrected chi connectivity index (χ3v) is 4.22. The van der Waals surface area contributed by atoms with Gasteiger partial charge in [-0.1, -0.05) is 6.07 Å². The summed E-state index contributed by atoms with van der Waals surface area (Å²) < 4.78 is 25.3. The summed E-state index contributed by atoms with van der Waals surface area (Å²) in [5.41, 5.74) is 5.91. The molecular formula is C11H17N3O3S. The molecule has 1 aromatic carbocycles. The minimum atomic E-state index is -3.68. The Kier molecular flexibility index (Phi) is 4.31. The lowest BCUT2D eigenvalue weighted by Crippen LogP contribution is -2.37. The second-order valence-corrected chi connectivity index (χ2v) is 6.17. The van der Waals surface area contributed by atoms with Gasteiger partial charge < -0.3 is 10.6 Å². The van der Waals surface area contributed by atoms with Gasteiger partial charge in [-0.25, -0.2) is 8.42 Å². The summed E-state index contributed by atoms with van der Waals surface area (Å²) in [7, 11) is 0.822. The van der Waals surface area contributed by atoms with Gasteiger partial charge in [0, 0.05) is 26.8 Å². The quantitative estimate of drug-likeness (QED) is 0.780. The topological polar surface area (TPSA) is 83.7 Å². The van der Waals surface area contributed by atoms with Crippen molar-refractivity contribution in [2.75, 3.05) is 33.4 Å². The first-order valence-corrected chi connectivity index (χ1v) is 6.71. The van der Waals surface area contributed by atoms with Crippen molar-refractivity contribution in [1.29, 1.82) is 0 Å². The highest BCUT2D eigenvalue weighted by Crippen LogP contribution is 2.16. The van der Waals surface area contributed by atoms with Crippen LogP contribution in [0.4, 0.5) is 5.69 Å². The number of benzene rings is 1. The number of nitrogen functional groups attached to an aromatic ring is 1. The van der Waals surface area contributed by atoms with Gasteiger partial charge in [-0.2, -0.15) is 4.31 Å². The molecule has 0 aliphatic carbocycles. The highest BCUT2D eigenvalue weighted by Gasteiger charge is 2.23. The number of anilines is 1. The third kappa shape index (κ3) is 3.21. The highest BCUT2D eigenvalue weighted by molar-refractivity contribution is 7.89. The molecule has 0 aromatic heterocycles. The maximum absolute atomic E-state index is 12.1. The third-order valence-electron chi connectivity index (χ3n) is 2.42. The van der Waals surface area contributed by atoms with Crippen LogP contribution in [0.3, 0.4) is 0 Å². The smallest absolute Gasteiger partial charge is 0.243 e. The van der Waals surface area contributed by atoms with Crippen molar-refractivity contribution >= 4 is 21.6 Å². The second-order valence-electron chi connectivity index (χ2n) is 4.12. The number of hydrogen-bond acceptors (Lipinski definition) is 4. The summed E-state index contributed by atoms with van der Waals surface area (Å²) in [6.45, 7) is -0.204. The van der Waals surface area contributed by atoms with Gasteiger partial charge in [0.2, 0.25) is 15.9 Å². The number of rotatable bonds is 4. The SMILES string of the molecule is CN(C)C(=O)CN(C)S(=O)(=O)c1cccc(N)c1. The Balaban J connectivity index is 2.97. The Hall–Kier alpha value is -1.60. The molecule has 0 bridgehead atoms. The van der Waals surface area contributed by atoms with E-state index in [0.29, 0.717) is 5.69 Å². The second kappa shape index (κ2) is 5.36. The summed E-state index contributed by atoms with van der Waals surface area (Å²) in [5.74, 6) is -0.287. The fourth-order valence-corrected chi connectivity index (χ4v) is 2.45. The zero-order chi connectivity index (χ0) is 13.9. The molecule has 7 heteroatoms. The van der Waals surface area contributed by atoms with Gasteiger partial charge in [0.05, 0.1) is 11.4 Å². The molecule has 0 heterocycles. The first-order chi connectivity index (χ1) is 8.25. The van der Waals surface area contributed by atoms with Gasteiger partial charge in [-0.05, 0) is 18.2 Å². The normalized spacial score (nSPS) is 11.6. The van der Waals surface area contributed by atoms with Crippen LogP contribution >= 0.6 is 0 Å². The molecule has 0 spiro atoms. The first kappa shape index (κ1) is 14.5. The molecule has 0 aliphatic rings. The average Bonchev–Trinajstić information content (AvgIpc) is 2.28. The van der Waals surface area contributed by atoms with Gasteiger partial charge in [-0.15, -0.1) is 0 Å². The highest BCUT2D eigenvalue weighted by atomic mass is 32.2. The monoisotopic (exact) mass is 271 g/mol. The van der Waals surface area contributed by atoms with Crippen LogP contribution in [0.25, 0.3) is 0 Å². The number of carbonyl (C=O) groups excluding carboxylic acids is 1. The Bertz CT molecular complexity index is 540. The van der Waals surface area contributed by atoms with Crippen molar-refractivity contribution in [1.82, 2.24) is 9.21 Å². The van der Waals surface area contributed by atoms with Gasteiger partial charge in [0.25, 0.3) is 0 Å². The number of amides is 1. The predicted octanol–water partition coefficient (Wildman–Crippen LogP) is -0.0225. The molecule has 2 N–H and O–H groups in total. The number of carbonyl (C=O) groups is 1.